The molecule has 0 saturated carbocycles. The predicted molar refractivity (Wildman–Crippen MR) is 57.1 cm³/mol. The molecule has 0 aliphatic heterocycles. The highest BCUT2D eigenvalue weighted by Gasteiger charge is 2.17. The quantitative estimate of drug-likeness (QED) is 0.735. The number of aliphatic hydroxyl groups is 1. The van der Waals surface area contributed by atoms with Crippen LogP contribution in [0.25, 0.3) is 0 Å². The molecule has 0 saturated heterocycles. The molecule has 1 aromatic rings. The average Bonchev–Trinajstić information content (AvgIpc) is 2.27. The van der Waals surface area contributed by atoms with Crippen LogP contribution < -0.4 is 10.6 Å². The van der Waals surface area contributed by atoms with E-state index in [-0.39, 0.29) is 17.4 Å². The number of halogens is 3. The molecular formula is C8H11ClF2N4O. The van der Waals surface area contributed by atoms with Crippen molar-refractivity contribution < 1.29 is 13.9 Å². The van der Waals surface area contributed by atoms with E-state index in [4.69, 9.17) is 16.7 Å². The number of nitrogens with one attached hydrogen (secondary N) is 2. The highest BCUT2D eigenvalue weighted by Crippen LogP contribution is 2.19. The van der Waals surface area contributed by atoms with Gasteiger partial charge in [0, 0.05) is 13.6 Å². The summed E-state index contributed by atoms with van der Waals surface area (Å²) >= 11 is 5.73. The molecule has 16 heavy (non-hydrogen) atoms. The molecule has 0 bridgehead atoms. The van der Waals surface area contributed by atoms with Crippen molar-refractivity contribution in [2.75, 3.05) is 24.2 Å². The van der Waals surface area contributed by atoms with Crippen molar-refractivity contribution in [3.63, 3.8) is 0 Å². The molecule has 1 unspecified atom stereocenters. The summed E-state index contributed by atoms with van der Waals surface area (Å²) in [6.45, 7) is -0.336. The van der Waals surface area contributed by atoms with E-state index in [1.807, 2.05) is 0 Å². The Balaban J connectivity index is 2.65. The summed E-state index contributed by atoms with van der Waals surface area (Å²) in [6, 6.07) is 0. The second-order valence-corrected chi connectivity index (χ2v) is 3.33. The molecule has 1 aromatic heterocycles. The Morgan fingerprint density at radius 3 is 2.81 bits per heavy atom. The first kappa shape index (κ1) is 12.9. The summed E-state index contributed by atoms with van der Waals surface area (Å²) in [5, 5.41) is 14.3. The van der Waals surface area contributed by atoms with Gasteiger partial charge in [-0.3, -0.25) is 0 Å². The normalized spacial score (nSPS) is 12.6. The molecule has 0 aliphatic carbocycles. The Kier molecular flexibility index (Phi) is 4.63. The van der Waals surface area contributed by atoms with Gasteiger partial charge < -0.3 is 15.7 Å². The maximum atomic E-state index is 12.0. The molecule has 1 heterocycles. The topological polar surface area (TPSA) is 70.1 Å². The molecule has 0 spiro atoms. The largest absolute Gasteiger partial charge is 0.385 e. The third-order valence-corrected chi connectivity index (χ3v) is 2.01. The molecule has 1 atom stereocenters. The number of aliphatic hydroxyl groups excluding tert-OH is 1. The van der Waals surface area contributed by atoms with Gasteiger partial charge in [0.15, 0.2) is 5.82 Å². The maximum absolute atomic E-state index is 12.0. The van der Waals surface area contributed by atoms with Gasteiger partial charge >= 0.3 is 0 Å². The SMILES string of the molecule is CNc1ncc(Cl)c(NCC(O)C(F)F)n1. The Morgan fingerprint density at radius 1 is 1.56 bits per heavy atom. The summed E-state index contributed by atoms with van der Waals surface area (Å²) < 4.78 is 24.0. The van der Waals surface area contributed by atoms with Crippen molar-refractivity contribution >= 4 is 23.4 Å². The first-order valence-electron chi connectivity index (χ1n) is 4.45. The van der Waals surface area contributed by atoms with Gasteiger partial charge in [-0.05, 0) is 0 Å². The highest BCUT2D eigenvalue weighted by molar-refractivity contribution is 6.32. The molecule has 1 rings (SSSR count). The van der Waals surface area contributed by atoms with Crippen LogP contribution in [-0.4, -0.2) is 41.2 Å². The van der Waals surface area contributed by atoms with Gasteiger partial charge in [0.2, 0.25) is 5.95 Å². The van der Waals surface area contributed by atoms with Crippen LogP contribution in [0.2, 0.25) is 5.02 Å². The molecule has 0 radical (unpaired) electrons. The smallest absolute Gasteiger partial charge is 0.265 e. The maximum Gasteiger partial charge on any atom is 0.265 e. The fourth-order valence-electron chi connectivity index (χ4n) is 0.902. The van der Waals surface area contributed by atoms with Crippen LogP contribution in [0.5, 0.6) is 0 Å². The zero-order chi connectivity index (χ0) is 12.1. The summed E-state index contributed by atoms with van der Waals surface area (Å²) in [5.74, 6) is 0.499. The van der Waals surface area contributed by atoms with Crippen LogP contribution in [0.4, 0.5) is 20.5 Å². The minimum absolute atomic E-state index is 0.195. The lowest BCUT2D eigenvalue weighted by molar-refractivity contribution is 0.00381. The molecule has 0 aliphatic rings. The number of hydrogen-bond donors (Lipinski definition) is 3. The van der Waals surface area contributed by atoms with E-state index in [2.05, 4.69) is 20.6 Å². The Labute approximate surface area is 95.9 Å². The molecule has 5 nitrogen and oxygen atoms in total. The monoisotopic (exact) mass is 252 g/mol. The molecule has 0 aromatic carbocycles. The average molecular weight is 253 g/mol. The van der Waals surface area contributed by atoms with Crippen LogP contribution in [0.3, 0.4) is 0 Å². The van der Waals surface area contributed by atoms with E-state index in [1.165, 1.54) is 6.20 Å². The van der Waals surface area contributed by atoms with Gasteiger partial charge in [-0.1, -0.05) is 11.6 Å². The number of anilines is 2. The van der Waals surface area contributed by atoms with Crippen LogP contribution in [0.1, 0.15) is 0 Å². The molecule has 0 fully saturated rings. The second kappa shape index (κ2) is 5.76. The summed E-state index contributed by atoms with van der Waals surface area (Å²) in [4.78, 5) is 7.72. The second-order valence-electron chi connectivity index (χ2n) is 2.92. The summed E-state index contributed by atoms with van der Waals surface area (Å²) in [6.07, 6.45) is -3.24. The number of rotatable bonds is 5. The van der Waals surface area contributed by atoms with E-state index in [1.54, 1.807) is 7.05 Å². The van der Waals surface area contributed by atoms with E-state index in [9.17, 15) is 8.78 Å². The zero-order valence-electron chi connectivity index (χ0n) is 8.41. The lowest BCUT2D eigenvalue weighted by Crippen LogP contribution is -2.27. The van der Waals surface area contributed by atoms with E-state index in [0.717, 1.165) is 0 Å². The third kappa shape index (κ3) is 3.42. The fourth-order valence-corrected chi connectivity index (χ4v) is 1.06. The third-order valence-electron chi connectivity index (χ3n) is 1.74. The molecular weight excluding hydrogens is 242 g/mol. The van der Waals surface area contributed by atoms with E-state index in [0.29, 0.717) is 5.95 Å². The minimum atomic E-state index is -2.81. The van der Waals surface area contributed by atoms with E-state index >= 15 is 0 Å². The predicted octanol–water partition coefficient (Wildman–Crippen LogP) is 1.21. The van der Waals surface area contributed by atoms with Crippen molar-refractivity contribution in [1.82, 2.24) is 9.97 Å². The Bertz CT molecular complexity index is 353. The van der Waals surface area contributed by atoms with Crippen molar-refractivity contribution in [1.29, 1.82) is 0 Å². The van der Waals surface area contributed by atoms with Crippen molar-refractivity contribution in [3.8, 4) is 0 Å². The number of alkyl halides is 2. The fraction of sp³-hybridized carbons (Fsp3) is 0.500. The minimum Gasteiger partial charge on any atom is -0.385 e. The van der Waals surface area contributed by atoms with Crippen LogP contribution in [-0.2, 0) is 0 Å². The molecule has 0 amide bonds. The summed E-state index contributed by atoms with van der Waals surface area (Å²) in [7, 11) is 1.61. The van der Waals surface area contributed by atoms with Gasteiger partial charge in [0.25, 0.3) is 6.43 Å². The van der Waals surface area contributed by atoms with Crippen LogP contribution in [0, 0.1) is 0 Å². The van der Waals surface area contributed by atoms with Gasteiger partial charge in [-0.15, -0.1) is 0 Å². The van der Waals surface area contributed by atoms with E-state index < -0.39 is 12.5 Å². The first-order chi connectivity index (χ1) is 7.54. The number of hydrogen-bond acceptors (Lipinski definition) is 5. The summed E-state index contributed by atoms with van der Waals surface area (Å²) in [5.41, 5.74) is 0. The Hall–Kier alpha value is -1.21. The van der Waals surface area contributed by atoms with Gasteiger partial charge in [-0.2, -0.15) is 4.98 Å². The molecule has 90 valence electrons. The number of nitrogens with zero attached hydrogens (tertiary/aromatic N) is 2. The van der Waals surface area contributed by atoms with Crippen molar-refractivity contribution in [3.05, 3.63) is 11.2 Å². The Morgan fingerprint density at radius 2 is 2.25 bits per heavy atom. The lowest BCUT2D eigenvalue weighted by atomic mass is 10.3. The number of aromatic nitrogens is 2. The van der Waals surface area contributed by atoms with Gasteiger partial charge in [0.05, 0.1) is 6.20 Å². The van der Waals surface area contributed by atoms with Crippen LogP contribution >= 0.6 is 11.6 Å². The molecule has 8 heteroatoms. The van der Waals surface area contributed by atoms with Gasteiger partial charge in [0.1, 0.15) is 11.1 Å². The lowest BCUT2D eigenvalue weighted by Gasteiger charge is -2.12. The zero-order valence-corrected chi connectivity index (χ0v) is 9.17. The standard InChI is InChI=1S/C8H11ClF2N4O/c1-12-8-14-2-4(9)7(15-8)13-3-5(16)6(10)11/h2,5-6,16H,3H2,1H3,(H2,12,13,14,15). The molecule has 3 N–H and O–H groups in total. The van der Waals surface area contributed by atoms with Gasteiger partial charge in [-0.25, -0.2) is 13.8 Å². The van der Waals surface area contributed by atoms with Crippen molar-refractivity contribution in [2.24, 2.45) is 0 Å². The first-order valence-corrected chi connectivity index (χ1v) is 4.82. The van der Waals surface area contributed by atoms with Crippen molar-refractivity contribution in [2.45, 2.75) is 12.5 Å². The van der Waals surface area contributed by atoms with Crippen LogP contribution in [0.15, 0.2) is 6.20 Å². The highest BCUT2D eigenvalue weighted by atomic mass is 35.5.